The molecule has 1 aliphatic rings. The van der Waals surface area contributed by atoms with E-state index in [2.05, 4.69) is 4.98 Å². The predicted octanol–water partition coefficient (Wildman–Crippen LogP) is 3.36. The third-order valence-corrected chi connectivity index (χ3v) is 3.92. The molecule has 7 heteroatoms. The minimum Gasteiger partial charge on any atom is -0.457 e. The molecule has 1 amide bonds. The molecule has 0 spiro atoms. The number of hydrogen-bond acceptors (Lipinski definition) is 4. The van der Waals surface area contributed by atoms with E-state index in [1.54, 1.807) is 17.0 Å². The van der Waals surface area contributed by atoms with Crippen molar-refractivity contribution in [3.05, 3.63) is 58.6 Å². The molecular formula is C17H14ClFN2O3. The SMILES string of the molecule is O=C(OCc1ccnc(Cl)c1)c1cc(N2CCCC2=O)ccc1F. The van der Waals surface area contributed by atoms with Crippen molar-refractivity contribution in [1.82, 2.24) is 4.98 Å². The normalized spacial score (nSPS) is 14.1. The van der Waals surface area contributed by atoms with Crippen molar-refractivity contribution in [3.63, 3.8) is 0 Å². The highest BCUT2D eigenvalue weighted by atomic mass is 35.5. The highest BCUT2D eigenvalue weighted by Crippen LogP contribution is 2.24. The topological polar surface area (TPSA) is 59.5 Å². The zero-order valence-corrected chi connectivity index (χ0v) is 13.4. The van der Waals surface area contributed by atoms with Gasteiger partial charge in [0, 0.05) is 24.8 Å². The summed E-state index contributed by atoms with van der Waals surface area (Å²) in [7, 11) is 0. The first-order chi connectivity index (χ1) is 11.5. The number of amides is 1. The zero-order chi connectivity index (χ0) is 17.1. The van der Waals surface area contributed by atoms with Crippen LogP contribution in [0.15, 0.2) is 36.5 Å². The largest absolute Gasteiger partial charge is 0.457 e. The van der Waals surface area contributed by atoms with E-state index in [4.69, 9.17) is 16.3 Å². The summed E-state index contributed by atoms with van der Waals surface area (Å²) >= 11 is 5.76. The first kappa shape index (κ1) is 16.4. The maximum absolute atomic E-state index is 14.0. The molecular weight excluding hydrogens is 335 g/mol. The average molecular weight is 349 g/mol. The Balaban J connectivity index is 1.75. The molecule has 1 saturated heterocycles. The smallest absolute Gasteiger partial charge is 0.341 e. The fourth-order valence-corrected chi connectivity index (χ4v) is 2.71. The van der Waals surface area contributed by atoms with Gasteiger partial charge < -0.3 is 9.64 Å². The van der Waals surface area contributed by atoms with E-state index in [9.17, 15) is 14.0 Å². The van der Waals surface area contributed by atoms with Gasteiger partial charge in [0.05, 0.1) is 5.56 Å². The molecule has 0 saturated carbocycles. The number of benzene rings is 1. The van der Waals surface area contributed by atoms with Crippen molar-refractivity contribution in [2.24, 2.45) is 0 Å². The molecule has 1 aliphatic heterocycles. The van der Waals surface area contributed by atoms with E-state index in [0.717, 1.165) is 6.42 Å². The molecule has 5 nitrogen and oxygen atoms in total. The Morgan fingerprint density at radius 3 is 2.88 bits per heavy atom. The Hall–Kier alpha value is -2.47. The molecule has 124 valence electrons. The number of anilines is 1. The summed E-state index contributed by atoms with van der Waals surface area (Å²) in [6.07, 6.45) is 2.70. The van der Waals surface area contributed by atoms with Crippen LogP contribution in [0.1, 0.15) is 28.8 Å². The molecule has 24 heavy (non-hydrogen) atoms. The Morgan fingerprint density at radius 2 is 2.17 bits per heavy atom. The summed E-state index contributed by atoms with van der Waals surface area (Å²) in [6.45, 7) is 0.516. The van der Waals surface area contributed by atoms with Gasteiger partial charge in [0.2, 0.25) is 5.91 Å². The number of nitrogens with zero attached hydrogens (tertiary/aromatic N) is 2. The first-order valence-corrected chi connectivity index (χ1v) is 7.80. The van der Waals surface area contributed by atoms with Crippen LogP contribution in [-0.4, -0.2) is 23.4 Å². The summed E-state index contributed by atoms with van der Waals surface area (Å²) in [5.74, 6) is -1.52. The van der Waals surface area contributed by atoms with E-state index >= 15 is 0 Å². The predicted molar refractivity (Wildman–Crippen MR) is 86.4 cm³/mol. The number of carbonyl (C=O) groups is 2. The molecule has 0 N–H and O–H groups in total. The number of carbonyl (C=O) groups excluding carboxylic acids is 2. The number of rotatable bonds is 4. The van der Waals surface area contributed by atoms with Crippen LogP contribution >= 0.6 is 11.6 Å². The van der Waals surface area contributed by atoms with Crippen molar-refractivity contribution < 1.29 is 18.7 Å². The molecule has 0 bridgehead atoms. The van der Waals surface area contributed by atoms with Crippen LogP contribution in [0, 0.1) is 5.82 Å². The van der Waals surface area contributed by atoms with E-state index < -0.39 is 11.8 Å². The van der Waals surface area contributed by atoms with Crippen molar-refractivity contribution in [1.29, 1.82) is 0 Å². The van der Waals surface area contributed by atoms with Gasteiger partial charge in [-0.2, -0.15) is 0 Å². The van der Waals surface area contributed by atoms with Crippen molar-refractivity contribution in [2.75, 3.05) is 11.4 Å². The quantitative estimate of drug-likeness (QED) is 0.628. The highest BCUT2D eigenvalue weighted by Gasteiger charge is 2.24. The molecule has 1 aromatic carbocycles. The molecule has 1 fully saturated rings. The third kappa shape index (κ3) is 3.54. The van der Waals surface area contributed by atoms with Gasteiger partial charge in [-0.15, -0.1) is 0 Å². The summed E-state index contributed by atoms with van der Waals surface area (Å²) in [4.78, 5) is 29.3. The number of ether oxygens (including phenoxy) is 1. The van der Waals surface area contributed by atoms with Crippen LogP contribution in [0.3, 0.4) is 0 Å². The standard InChI is InChI=1S/C17H14ClFN2O3/c18-15-8-11(5-6-20-15)10-24-17(23)13-9-12(3-4-14(13)19)21-7-1-2-16(21)22/h3-6,8-9H,1-2,7,10H2. The number of esters is 1. The molecule has 3 rings (SSSR count). The summed E-state index contributed by atoms with van der Waals surface area (Å²) in [5, 5.41) is 0.282. The molecule has 2 aromatic rings. The van der Waals surface area contributed by atoms with Crippen LogP contribution in [0.4, 0.5) is 10.1 Å². The monoisotopic (exact) mass is 348 g/mol. The first-order valence-electron chi connectivity index (χ1n) is 7.42. The third-order valence-electron chi connectivity index (χ3n) is 3.72. The molecule has 0 aliphatic carbocycles. The second-order valence-corrected chi connectivity index (χ2v) is 5.76. The maximum atomic E-state index is 14.0. The van der Waals surface area contributed by atoms with Gasteiger partial charge in [0.1, 0.15) is 17.6 Å². The number of halogens is 2. The lowest BCUT2D eigenvalue weighted by atomic mass is 10.1. The zero-order valence-electron chi connectivity index (χ0n) is 12.7. The second-order valence-electron chi connectivity index (χ2n) is 5.38. The minimum absolute atomic E-state index is 0.0349. The fraction of sp³-hybridized carbons (Fsp3) is 0.235. The lowest BCUT2D eigenvalue weighted by Gasteiger charge is -2.16. The Morgan fingerprint density at radius 1 is 1.33 bits per heavy atom. The summed E-state index contributed by atoms with van der Waals surface area (Å²) in [6, 6.07) is 7.21. The van der Waals surface area contributed by atoms with Crippen LogP contribution in [0.5, 0.6) is 0 Å². The highest BCUT2D eigenvalue weighted by molar-refractivity contribution is 6.29. The van der Waals surface area contributed by atoms with E-state index in [-0.39, 0.29) is 23.2 Å². The lowest BCUT2D eigenvalue weighted by Crippen LogP contribution is -2.24. The summed E-state index contributed by atoms with van der Waals surface area (Å²) in [5.41, 5.74) is 0.944. The van der Waals surface area contributed by atoms with Gasteiger partial charge in [-0.3, -0.25) is 4.79 Å². The maximum Gasteiger partial charge on any atom is 0.341 e. The van der Waals surface area contributed by atoms with Gasteiger partial charge in [-0.1, -0.05) is 11.6 Å². The van der Waals surface area contributed by atoms with Gasteiger partial charge in [0.15, 0.2) is 0 Å². The molecule has 1 aromatic heterocycles. The van der Waals surface area contributed by atoms with Crippen LogP contribution < -0.4 is 4.90 Å². The number of hydrogen-bond donors (Lipinski definition) is 0. The Kier molecular flexibility index (Phi) is 4.76. The van der Waals surface area contributed by atoms with Crippen molar-refractivity contribution in [2.45, 2.75) is 19.4 Å². The van der Waals surface area contributed by atoms with Crippen molar-refractivity contribution >= 4 is 29.2 Å². The van der Waals surface area contributed by atoms with Gasteiger partial charge >= 0.3 is 5.97 Å². The van der Waals surface area contributed by atoms with Gasteiger partial charge in [0.25, 0.3) is 0 Å². The number of pyridine rings is 1. The average Bonchev–Trinajstić information content (AvgIpc) is 2.99. The second kappa shape index (κ2) is 6.97. The van der Waals surface area contributed by atoms with E-state index in [0.29, 0.717) is 24.2 Å². The van der Waals surface area contributed by atoms with Crippen LogP contribution in [-0.2, 0) is 16.1 Å². The lowest BCUT2D eigenvalue weighted by molar-refractivity contribution is -0.117. The minimum atomic E-state index is -0.797. The molecule has 0 radical (unpaired) electrons. The number of aromatic nitrogens is 1. The van der Waals surface area contributed by atoms with Gasteiger partial charge in [-0.25, -0.2) is 14.2 Å². The van der Waals surface area contributed by atoms with Crippen LogP contribution in [0.25, 0.3) is 0 Å². The van der Waals surface area contributed by atoms with E-state index in [1.165, 1.54) is 24.4 Å². The molecule has 2 heterocycles. The van der Waals surface area contributed by atoms with Gasteiger partial charge in [-0.05, 0) is 42.3 Å². The Bertz CT molecular complexity index is 797. The van der Waals surface area contributed by atoms with Crippen molar-refractivity contribution in [3.8, 4) is 0 Å². The molecule has 0 atom stereocenters. The van der Waals surface area contributed by atoms with E-state index in [1.807, 2.05) is 0 Å². The fourth-order valence-electron chi connectivity index (χ4n) is 2.52. The molecule has 0 unspecified atom stereocenters. The summed E-state index contributed by atoms with van der Waals surface area (Å²) < 4.78 is 19.1. The van der Waals surface area contributed by atoms with Crippen LogP contribution in [0.2, 0.25) is 5.15 Å². The Labute approximate surface area is 143 Å².